The van der Waals surface area contributed by atoms with E-state index in [1.807, 2.05) is 12.1 Å². The summed E-state index contributed by atoms with van der Waals surface area (Å²) in [6.07, 6.45) is 2.28. The summed E-state index contributed by atoms with van der Waals surface area (Å²) in [6.45, 7) is 0. The lowest BCUT2D eigenvalue weighted by Gasteiger charge is -2.10. The van der Waals surface area contributed by atoms with Crippen LogP contribution < -0.4 is 16.0 Å². The van der Waals surface area contributed by atoms with Crippen LogP contribution in [0.1, 0.15) is 34.5 Å². The van der Waals surface area contributed by atoms with Crippen LogP contribution in [0.25, 0.3) is 10.2 Å². The van der Waals surface area contributed by atoms with Crippen LogP contribution >= 0.6 is 34.5 Å². The predicted molar refractivity (Wildman–Crippen MR) is 129 cm³/mol. The molecule has 1 aromatic carbocycles. The Morgan fingerprint density at radius 3 is 2.09 bits per heavy atom. The van der Waals surface area contributed by atoms with E-state index in [9.17, 15) is 14.4 Å². The molecule has 7 nitrogen and oxygen atoms in total. The molecule has 170 valence electrons. The maximum absolute atomic E-state index is 12.4. The number of rotatable bonds is 5. The van der Waals surface area contributed by atoms with Crippen molar-refractivity contribution in [3.05, 3.63) is 56.5 Å². The van der Waals surface area contributed by atoms with Crippen molar-refractivity contribution >= 4 is 62.5 Å². The van der Waals surface area contributed by atoms with E-state index < -0.39 is 0 Å². The highest BCUT2D eigenvalue weighted by atomic mass is 35.5. The number of aromatic nitrogens is 1. The molecule has 0 bridgehead atoms. The quantitative estimate of drug-likeness (QED) is 0.434. The summed E-state index contributed by atoms with van der Waals surface area (Å²) < 4.78 is 1.44. The van der Waals surface area contributed by atoms with Gasteiger partial charge in [0.2, 0.25) is 11.8 Å². The number of benzene rings is 1. The standard InChI is InChI=1S/C16H12Cl2N2OS.C6H12N2O2/c17-13-14-12(22-15(13)18)7-11(20-14)16(21)19-10-5-8-3-1-2-4-9(8)6-10;1-7-5(9)3-4-6(10)8-2/h1-4,7,10,20H,5-6H2,(H,19,21);3-4H2,1-2H3,(H,7,9)(H,8,10). The van der Waals surface area contributed by atoms with E-state index in [1.165, 1.54) is 22.5 Å². The summed E-state index contributed by atoms with van der Waals surface area (Å²) in [5.74, 6) is -0.319. The fourth-order valence-corrected chi connectivity index (χ4v) is 4.92. The summed E-state index contributed by atoms with van der Waals surface area (Å²) >= 11 is 13.5. The van der Waals surface area contributed by atoms with Gasteiger partial charge < -0.3 is 20.9 Å². The van der Waals surface area contributed by atoms with Crippen molar-refractivity contribution in [1.29, 1.82) is 0 Å². The van der Waals surface area contributed by atoms with Gasteiger partial charge in [0, 0.05) is 33.0 Å². The van der Waals surface area contributed by atoms with Gasteiger partial charge in [0.1, 0.15) is 10.0 Å². The number of H-pyrrole nitrogens is 1. The molecule has 0 saturated heterocycles. The number of thiophene rings is 1. The molecule has 0 atom stereocenters. The Morgan fingerprint density at radius 1 is 1.03 bits per heavy atom. The van der Waals surface area contributed by atoms with E-state index in [-0.39, 0.29) is 36.6 Å². The number of hydrogen-bond donors (Lipinski definition) is 4. The maximum atomic E-state index is 12.4. The second kappa shape index (κ2) is 10.8. The maximum Gasteiger partial charge on any atom is 0.267 e. The van der Waals surface area contributed by atoms with Gasteiger partial charge in [-0.2, -0.15) is 0 Å². The molecule has 4 rings (SSSR count). The molecule has 0 fully saturated rings. The van der Waals surface area contributed by atoms with Crippen LogP contribution in [0.15, 0.2) is 30.3 Å². The van der Waals surface area contributed by atoms with Gasteiger partial charge in [-0.05, 0) is 30.0 Å². The van der Waals surface area contributed by atoms with Gasteiger partial charge in [-0.15, -0.1) is 11.3 Å². The summed E-state index contributed by atoms with van der Waals surface area (Å²) in [7, 11) is 3.10. The number of halogens is 2. The van der Waals surface area contributed by atoms with Gasteiger partial charge in [0.25, 0.3) is 5.91 Å². The number of fused-ring (bicyclic) bond motifs is 2. The average molecular weight is 495 g/mol. The molecule has 0 spiro atoms. The first-order valence-electron chi connectivity index (χ1n) is 10.1. The highest BCUT2D eigenvalue weighted by molar-refractivity contribution is 7.23. The Labute approximate surface area is 199 Å². The molecule has 2 aromatic heterocycles. The summed E-state index contributed by atoms with van der Waals surface area (Å²) in [6, 6.07) is 10.3. The first-order chi connectivity index (χ1) is 15.3. The smallest absolute Gasteiger partial charge is 0.267 e. The van der Waals surface area contributed by atoms with Crippen molar-refractivity contribution in [2.75, 3.05) is 14.1 Å². The van der Waals surface area contributed by atoms with Gasteiger partial charge >= 0.3 is 0 Å². The molecule has 1 aliphatic carbocycles. The number of amides is 3. The molecule has 1 aliphatic rings. The second-order valence-electron chi connectivity index (χ2n) is 7.31. The van der Waals surface area contributed by atoms with Crippen LogP contribution in [0.4, 0.5) is 0 Å². The normalized spacial score (nSPS) is 12.6. The van der Waals surface area contributed by atoms with E-state index in [2.05, 4.69) is 33.1 Å². The van der Waals surface area contributed by atoms with Crippen LogP contribution in [0.3, 0.4) is 0 Å². The molecular formula is C22H24Cl2N4O3S. The topological polar surface area (TPSA) is 103 Å². The van der Waals surface area contributed by atoms with Crippen molar-refractivity contribution in [2.24, 2.45) is 0 Å². The zero-order chi connectivity index (χ0) is 23.3. The minimum Gasteiger partial charge on any atom is -0.359 e. The molecule has 3 amide bonds. The highest BCUT2D eigenvalue weighted by Gasteiger charge is 2.24. The lowest BCUT2D eigenvalue weighted by molar-refractivity contribution is -0.125. The third-order valence-electron chi connectivity index (χ3n) is 5.14. The molecular weight excluding hydrogens is 471 g/mol. The summed E-state index contributed by atoms with van der Waals surface area (Å²) in [5.41, 5.74) is 3.89. The Balaban J connectivity index is 0.000000247. The largest absolute Gasteiger partial charge is 0.359 e. The third kappa shape index (κ3) is 5.82. The van der Waals surface area contributed by atoms with Crippen molar-refractivity contribution in [1.82, 2.24) is 20.9 Å². The van der Waals surface area contributed by atoms with Gasteiger partial charge in [-0.1, -0.05) is 47.5 Å². The first-order valence-corrected chi connectivity index (χ1v) is 11.6. The SMILES string of the molecule is CNC(=O)CCC(=O)NC.O=C(NC1Cc2ccccc2C1)c1cc2sc(Cl)c(Cl)c2[nH]1. The Hall–Kier alpha value is -2.55. The predicted octanol–water partition coefficient (Wildman–Crippen LogP) is 3.69. The van der Waals surface area contributed by atoms with E-state index in [0.29, 0.717) is 15.1 Å². The van der Waals surface area contributed by atoms with Gasteiger partial charge in [-0.3, -0.25) is 14.4 Å². The molecule has 32 heavy (non-hydrogen) atoms. The molecule has 0 radical (unpaired) electrons. The zero-order valence-corrected chi connectivity index (χ0v) is 20.0. The van der Waals surface area contributed by atoms with Crippen LogP contribution in [-0.4, -0.2) is 42.8 Å². The summed E-state index contributed by atoms with van der Waals surface area (Å²) in [4.78, 5) is 36.5. The lowest BCUT2D eigenvalue weighted by Crippen LogP contribution is -2.35. The minimum absolute atomic E-state index is 0.103. The molecule has 0 aliphatic heterocycles. The third-order valence-corrected chi connectivity index (χ3v) is 7.07. The fraction of sp³-hybridized carbons (Fsp3) is 0.318. The minimum atomic E-state index is -0.108. The van der Waals surface area contributed by atoms with Crippen molar-refractivity contribution in [2.45, 2.75) is 31.7 Å². The molecule has 0 unspecified atom stereocenters. The number of carbonyl (C=O) groups excluding carboxylic acids is 3. The molecule has 0 saturated carbocycles. The number of carbonyl (C=O) groups is 3. The van der Waals surface area contributed by atoms with Crippen LogP contribution in [0.5, 0.6) is 0 Å². The van der Waals surface area contributed by atoms with Gasteiger partial charge in [0.05, 0.1) is 15.2 Å². The van der Waals surface area contributed by atoms with Gasteiger partial charge in [-0.25, -0.2) is 0 Å². The monoisotopic (exact) mass is 494 g/mol. The zero-order valence-electron chi connectivity index (χ0n) is 17.7. The van der Waals surface area contributed by atoms with E-state index >= 15 is 0 Å². The molecule has 10 heteroatoms. The Bertz CT molecular complexity index is 1100. The summed E-state index contributed by atoms with van der Waals surface area (Å²) in [5, 5.41) is 8.42. The molecule has 4 N–H and O–H groups in total. The molecule has 3 aromatic rings. The van der Waals surface area contributed by atoms with Crippen LogP contribution in [0, 0.1) is 0 Å². The van der Waals surface area contributed by atoms with Crippen molar-refractivity contribution in [3.63, 3.8) is 0 Å². The van der Waals surface area contributed by atoms with E-state index in [1.54, 1.807) is 20.2 Å². The molecule has 2 heterocycles. The lowest BCUT2D eigenvalue weighted by atomic mass is 10.1. The Morgan fingerprint density at radius 2 is 1.59 bits per heavy atom. The Kier molecular flexibility index (Phi) is 8.17. The van der Waals surface area contributed by atoms with Gasteiger partial charge in [0.15, 0.2) is 0 Å². The van der Waals surface area contributed by atoms with Crippen molar-refractivity contribution < 1.29 is 14.4 Å². The van der Waals surface area contributed by atoms with Crippen LogP contribution in [0.2, 0.25) is 9.36 Å². The fourth-order valence-electron chi connectivity index (χ4n) is 3.44. The average Bonchev–Trinajstić information content (AvgIpc) is 3.46. The van der Waals surface area contributed by atoms with E-state index in [4.69, 9.17) is 23.2 Å². The van der Waals surface area contributed by atoms with E-state index in [0.717, 1.165) is 23.1 Å². The van der Waals surface area contributed by atoms with Crippen molar-refractivity contribution in [3.8, 4) is 0 Å². The number of nitrogens with one attached hydrogen (secondary N) is 4. The van der Waals surface area contributed by atoms with Crippen LogP contribution in [-0.2, 0) is 22.4 Å². The first kappa shape index (κ1) is 24.1. The highest BCUT2D eigenvalue weighted by Crippen LogP contribution is 2.38. The number of hydrogen-bond acceptors (Lipinski definition) is 4. The number of aromatic amines is 1. The second-order valence-corrected chi connectivity index (χ2v) is 9.34.